The highest BCUT2D eigenvalue weighted by molar-refractivity contribution is 6.00. The normalized spacial score (nSPS) is 21.2. The molecule has 0 radical (unpaired) electrons. The van der Waals surface area contributed by atoms with Crippen molar-refractivity contribution in [3.05, 3.63) is 35.4 Å². The van der Waals surface area contributed by atoms with E-state index < -0.39 is 36.0 Å². The first-order valence-corrected chi connectivity index (χ1v) is 8.59. The van der Waals surface area contributed by atoms with Gasteiger partial charge in [-0.05, 0) is 29.9 Å². The standard InChI is InChI=1S/C18H24F3N3O2.ClH/c1-10(2)11-3-5-12(6-4-11)14(22)9-23-16(25)13-7-8-15(18(19,20)21)24-17(13)26;/h3-6,10,13-15H,7-9,22H2,1-2H3,(H,23,25)(H,24,26);1H. The molecule has 0 aliphatic carbocycles. The van der Waals surface area contributed by atoms with E-state index in [0.29, 0.717) is 5.92 Å². The van der Waals surface area contributed by atoms with Crippen molar-refractivity contribution in [2.45, 2.75) is 50.9 Å². The molecule has 0 spiro atoms. The van der Waals surface area contributed by atoms with Gasteiger partial charge in [0.05, 0.1) is 0 Å². The number of halogens is 4. The number of rotatable bonds is 5. The lowest BCUT2D eigenvalue weighted by atomic mass is 9.92. The average Bonchev–Trinajstić information content (AvgIpc) is 2.58. The molecular weight excluding hydrogens is 383 g/mol. The van der Waals surface area contributed by atoms with Gasteiger partial charge in [-0.2, -0.15) is 13.2 Å². The molecule has 5 nitrogen and oxygen atoms in total. The zero-order valence-electron chi connectivity index (χ0n) is 15.2. The molecule has 1 aromatic carbocycles. The van der Waals surface area contributed by atoms with Crippen molar-refractivity contribution in [2.24, 2.45) is 11.7 Å². The lowest BCUT2D eigenvalue weighted by molar-refractivity contribution is -0.171. The summed E-state index contributed by atoms with van der Waals surface area (Å²) in [6, 6.07) is 5.34. The summed E-state index contributed by atoms with van der Waals surface area (Å²) in [6.45, 7) is 4.26. The minimum atomic E-state index is -4.50. The second-order valence-corrected chi connectivity index (χ2v) is 6.91. The van der Waals surface area contributed by atoms with Crippen LogP contribution in [0.5, 0.6) is 0 Å². The number of nitrogens with two attached hydrogens (primary N) is 1. The summed E-state index contributed by atoms with van der Waals surface area (Å²) in [5, 5.41) is 4.43. The van der Waals surface area contributed by atoms with Crippen molar-refractivity contribution in [1.29, 1.82) is 0 Å². The lowest BCUT2D eigenvalue weighted by Gasteiger charge is -2.30. The van der Waals surface area contributed by atoms with Gasteiger partial charge in [0.15, 0.2) is 0 Å². The van der Waals surface area contributed by atoms with Gasteiger partial charge in [0.1, 0.15) is 12.0 Å². The highest BCUT2D eigenvalue weighted by atomic mass is 35.5. The van der Waals surface area contributed by atoms with Crippen molar-refractivity contribution in [2.75, 3.05) is 6.54 Å². The number of piperidine rings is 1. The SMILES string of the molecule is CC(C)c1ccc(C(N)CNC(=O)C2CCC(C(F)(F)F)NC2=O)cc1.Cl. The molecule has 0 saturated carbocycles. The van der Waals surface area contributed by atoms with Gasteiger partial charge >= 0.3 is 6.18 Å². The highest BCUT2D eigenvalue weighted by Crippen LogP contribution is 2.28. The van der Waals surface area contributed by atoms with Crippen LogP contribution >= 0.6 is 12.4 Å². The third-order valence-electron chi connectivity index (χ3n) is 4.62. The van der Waals surface area contributed by atoms with E-state index in [1.165, 1.54) is 5.56 Å². The third-order valence-corrected chi connectivity index (χ3v) is 4.62. The Morgan fingerprint density at radius 2 is 1.78 bits per heavy atom. The van der Waals surface area contributed by atoms with E-state index >= 15 is 0 Å². The first-order chi connectivity index (χ1) is 12.1. The van der Waals surface area contributed by atoms with E-state index in [1.54, 1.807) is 0 Å². The number of hydrogen-bond acceptors (Lipinski definition) is 3. The number of carbonyl (C=O) groups excluding carboxylic acids is 2. The number of alkyl halides is 3. The zero-order valence-corrected chi connectivity index (χ0v) is 16.0. The molecule has 152 valence electrons. The summed E-state index contributed by atoms with van der Waals surface area (Å²) in [4.78, 5) is 23.9. The zero-order chi connectivity index (χ0) is 19.5. The molecule has 2 amide bonds. The van der Waals surface area contributed by atoms with Crippen molar-refractivity contribution in [1.82, 2.24) is 10.6 Å². The summed E-state index contributed by atoms with van der Waals surface area (Å²) in [7, 11) is 0. The quantitative estimate of drug-likeness (QED) is 0.656. The maximum absolute atomic E-state index is 12.6. The van der Waals surface area contributed by atoms with Crippen LogP contribution in [0.25, 0.3) is 0 Å². The van der Waals surface area contributed by atoms with Crippen LogP contribution < -0.4 is 16.4 Å². The number of carbonyl (C=O) groups is 2. The third kappa shape index (κ3) is 6.10. The Morgan fingerprint density at radius 1 is 1.22 bits per heavy atom. The van der Waals surface area contributed by atoms with E-state index in [-0.39, 0.29) is 31.8 Å². The van der Waals surface area contributed by atoms with Gasteiger partial charge in [-0.15, -0.1) is 12.4 Å². The van der Waals surface area contributed by atoms with Gasteiger partial charge < -0.3 is 16.4 Å². The summed E-state index contributed by atoms with van der Waals surface area (Å²) in [5.41, 5.74) is 8.05. The molecule has 3 atom stereocenters. The number of hydrogen-bond donors (Lipinski definition) is 3. The van der Waals surface area contributed by atoms with Crippen LogP contribution in [0.2, 0.25) is 0 Å². The Hall–Kier alpha value is -1.80. The van der Waals surface area contributed by atoms with Gasteiger partial charge in [-0.1, -0.05) is 38.1 Å². The fourth-order valence-electron chi connectivity index (χ4n) is 2.88. The summed E-state index contributed by atoms with van der Waals surface area (Å²) in [5.74, 6) is -2.22. The van der Waals surface area contributed by atoms with Gasteiger partial charge in [0.25, 0.3) is 0 Å². The molecule has 9 heteroatoms. The van der Waals surface area contributed by atoms with Gasteiger partial charge in [0, 0.05) is 12.6 Å². The van der Waals surface area contributed by atoms with Crippen molar-refractivity contribution in [3.63, 3.8) is 0 Å². The second kappa shape index (κ2) is 9.41. The van der Waals surface area contributed by atoms with E-state index in [1.807, 2.05) is 29.6 Å². The van der Waals surface area contributed by atoms with Gasteiger partial charge in [0.2, 0.25) is 11.8 Å². The molecule has 1 aliphatic rings. The van der Waals surface area contributed by atoms with Gasteiger partial charge in [-0.3, -0.25) is 9.59 Å². The molecule has 3 unspecified atom stereocenters. The fourth-order valence-corrected chi connectivity index (χ4v) is 2.88. The monoisotopic (exact) mass is 407 g/mol. The Balaban J connectivity index is 0.00000364. The van der Waals surface area contributed by atoms with Crippen LogP contribution in [0.4, 0.5) is 13.2 Å². The van der Waals surface area contributed by atoms with Crippen molar-refractivity contribution >= 4 is 24.2 Å². The van der Waals surface area contributed by atoms with Gasteiger partial charge in [-0.25, -0.2) is 0 Å². The average molecular weight is 408 g/mol. The highest BCUT2D eigenvalue weighted by Gasteiger charge is 2.45. The van der Waals surface area contributed by atoms with Crippen molar-refractivity contribution < 1.29 is 22.8 Å². The van der Waals surface area contributed by atoms with Crippen molar-refractivity contribution in [3.8, 4) is 0 Å². The lowest BCUT2D eigenvalue weighted by Crippen LogP contribution is -2.54. The largest absolute Gasteiger partial charge is 0.408 e. The summed E-state index contributed by atoms with van der Waals surface area (Å²) < 4.78 is 37.9. The Bertz CT molecular complexity index is 650. The topological polar surface area (TPSA) is 84.2 Å². The molecule has 0 aromatic heterocycles. The number of amides is 2. The summed E-state index contributed by atoms with van der Waals surface area (Å²) in [6.07, 6.45) is -4.95. The smallest absolute Gasteiger partial charge is 0.354 e. The van der Waals surface area contributed by atoms with Crippen LogP contribution in [0.1, 0.15) is 49.8 Å². The number of benzene rings is 1. The molecule has 1 fully saturated rings. The van der Waals surface area contributed by atoms with Crippen LogP contribution in [0.15, 0.2) is 24.3 Å². The number of nitrogens with one attached hydrogen (secondary N) is 2. The minimum Gasteiger partial charge on any atom is -0.354 e. The van der Waals surface area contributed by atoms with E-state index in [9.17, 15) is 22.8 Å². The molecule has 1 heterocycles. The van der Waals surface area contributed by atoms with E-state index in [0.717, 1.165) is 5.56 Å². The van der Waals surface area contributed by atoms with E-state index in [2.05, 4.69) is 19.2 Å². The van der Waals surface area contributed by atoms with E-state index in [4.69, 9.17) is 5.73 Å². The maximum Gasteiger partial charge on any atom is 0.408 e. The molecule has 1 aromatic rings. The molecule has 0 bridgehead atoms. The predicted octanol–water partition coefficient (Wildman–Crippen LogP) is 2.80. The fraction of sp³-hybridized carbons (Fsp3) is 0.556. The molecule has 2 rings (SSSR count). The summed E-state index contributed by atoms with van der Waals surface area (Å²) >= 11 is 0. The first kappa shape index (κ1) is 23.2. The Kier molecular flexibility index (Phi) is 8.10. The van der Waals surface area contributed by atoms with Crippen LogP contribution in [0, 0.1) is 5.92 Å². The molecule has 27 heavy (non-hydrogen) atoms. The predicted molar refractivity (Wildman–Crippen MR) is 98.4 cm³/mol. The van der Waals surface area contributed by atoms with Crippen LogP contribution in [-0.4, -0.2) is 30.6 Å². The van der Waals surface area contributed by atoms with Crippen LogP contribution in [-0.2, 0) is 9.59 Å². The molecule has 4 N–H and O–H groups in total. The molecule has 1 saturated heterocycles. The minimum absolute atomic E-state index is 0. The van der Waals surface area contributed by atoms with Crippen LogP contribution in [0.3, 0.4) is 0 Å². The molecule has 1 aliphatic heterocycles. The molecular formula is C18H25ClF3N3O2. The Morgan fingerprint density at radius 3 is 2.26 bits per heavy atom. The first-order valence-electron chi connectivity index (χ1n) is 8.59. The maximum atomic E-state index is 12.6. The second-order valence-electron chi connectivity index (χ2n) is 6.91. The Labute approximate surface area is 162 Å².